The molecule has 2 aliphatic heterocycles. The highest BCUT2D eigenvalue weighted by atomic mass is 16.5. The number of rotatable bonds is 6. The molecule has 1 fully saturated rings. The highest BCUT2D eigenvalue weighted by molar-refractivity contribution is 6.03. The van der Waals surface area contributed by atoms with Crippen molar-refractivity contribution in [3.05, 3.63) is 65.4 Å². The maximum atomic E-state index is 13.2. The first-order valence-corrected chi connectivity index (χ1v) is 12.1. The maximum Gasteiger partial charge on any atom is 0.270 e. The van der Waals surface area contributed by atoms with Crippen molar-refractivity contribution in [1.82, 2.24) is 20.7 Å². The van der Waals surface area contributed by atoms with Crippen LogP contribution in [0.4, 0.5) is 0 Å². The average molecular weight is 462 g/mol. The molecule has 2 N–H and O–H groups in total. The Bertz CT molecular complexity index is 1080. The summed E-state index contributed by atoms with van der Waals surface area (Å²) >= 11 is 0. The summed E-state index contributed by atoms with van der Waals surface area (Å²) in [7, 11) is 1.88. The van der Waals surface area contributed by atoms with Gasteiger partial charge in [0.05, 0.1) is 11.3 Å². The van der Waals surface area contributed by atoms with Gasteiger partial charge in [0.1, 0.15) is 18.2 Å². The lowest BCUT2D eigenvalue weighted by Gasteiger charge is -2.32. The predicted molar refractivity (Wildman–Crippen MR) is 130 cm³/mol. The molecule has 178 valence electrons. The van der Waals surface area contributed by atoms with Crippen molar-refractivity contribution in [2.24, 2.45) is 4.99 Å². The van der Waals surface area contributed by atoms with Crippen molar-refractivity contribution in [2.75, 3.05) is 13.7 Å². The summed E-state index contributed by atoms with van der Waals surface area (Å²) in [5.74, 6) is 1.02. The summed E-state index contributed by atoms with van der Waals surface area (Å²) < 4.78 is 6.04. The summed E-state index contributed by atoms with van der Waals surface area (Å²) in [4.78, 5) is 32.4. The maximum absolute atomic E-state index is 13.2. The van der Waals surface area contributed by atoms with E-state index in [1.807, 2.05) is 36.2 Å². The number of amides is 2. The molecule has 1 saturated carbocycles. The van der Waals surface area contributed by atoms with Crippen LogP contribution in [0.25, 0.3) is 0 Å². The third kappa shape index (κ3) is 4.58. The van der Waals surface area contributed by atoms with Crippen molar-refractivity contribution < 1.29 is 14.3 Å². The number of hydrazine groups is 1. The summed E-state index contributed by atoms with van der Waals surface area (Å²) in [5, 5.41) is 4.74. The largest absolute Gasteiger partial charge is 0.487 e. The van der Waals surface area contributed by atoms with Crippen LogP contribution in [0.2, 0.25) is 0 Å². The van der Waals surface area contributed by atoms with E-state index in [1.165, 1.54) is 30.3 Å². The zero-order valence-corrected chi connectivity index (χ0v) is 19.5. The molecule has 5 rings (SSSR count). The van der Waals surface area contributed by atoms with Crippen molar-refractivity contribution in [3.8, 4) is 5.75 Å². The number of hydrogen-bond acceptors (Lipinski definition) is 6. The molecule has 0 saturated heterocycles. The Kier molecular flexibility index (Phi) is 6.38. The second-order valence-corrected chi connectivity index (χ2v) is 9.14. The van der Waals surface area contributed by atoms with Crippen LogP contribution in [0.5, 0.6) is 5.75 Å². The van der Waals surface area contributed by atoms with E-state index in [2.05, 4.69) is 21.8 Å². The second-order valence-electron chi connectivity index (χ2n) is 9.14. The highest BCUT2D eigenvalue weighted by Gasteiger charge is 2.35. The number of fused-ring (bicyclic) bond motifs is 1. The summed E-state index contributed by atoms with van der Waals surface area (Å²) in [6.45, 7) is 0.143. The van der Waals surface area contributed by atoms with Gasteiger partial charge in [0, 0.05) is 19.2 Å². The van der Waals surface area contributed by atoms with E-state index in [0.29, 0.717) is 22.8 Å². The first-order valence-electron chi connectivity index (χ1n) is 12.1. The molecular formula is C26H31N5O3. The molecule has 1 unspecified atom stereocenters. The monoisotopic (exact) mass is 461 g/mol. The first kappa shape index (κ1) is 22.3. The topological polar surface area (TPSA) is 86.3 Å². The lowest BCUT2D eigenvalue weighted by molar-refractivity contribution is -0.131. The lowest BCUT2D eigenvalue weighted by Crippen LogP contribution is -2.53. The van der Waals surface area contributed by atoms with Crippen molar-refractivity contribution >= 4 is 17.6 Å². The Balaban J connectivity index is 1.25. The van der Waals surface area contributed by atoms with E-state index < -0.39 is 6.29 Å². The summed E-state index contributed by atoms with van der Waals surface area (Å²) in [5.41, 5.74) is 5.36. The van der Waals surface area contributed by atoms with Crippen LogP contribution in [0.1, 0.15) is 55.3 Å². The van der Waals surface area contributed by atoms with Crippen molar-refractivity contribution in [3.63, 3.8) is 0 Å². The Morgan fingerprint density at radius 3 is 2.85 bits per heavy atom. The van der Waals surface area contributed by atoms with Gasteiger partial charge in [-0.25, -0.2) is 10.0 Å². The van der Waals surface area contributed by atoms with Crippen LogP contribution in [0, 0.1) is 0 Å². The minimum Gasteiger partial charge on any atom is -0.487 e. The molecule has 1 aromatic carbocycles. The van der Waals surface area contributed by atoms with Crippen molar-refractivity contribution in [2.45, 2.75) is 57.3 Å². The number of nitrogens with one attached hydrogen (secondary N) is 2. The van der Waals surface area contributed by atoms with Crippen LogP contribution in [0.15, 0.2) is 64.8 Å². The van der Waals surface area contributed by atoms with Gasteiger partial charge in [-0.2, -0.15) is 0 Å². The van der Waals surface area contributed by atoms with Gasteiger partial charge in [-0.1, -0.05) is 49.6 Å². The Labute approximate surface area is 200 Å². The lowest BCUT2D eigenvalue weighted by atomic mass is 9.94. The van der Waals surface area contributed by atoms with E-state index in [4.69, 9.17) is 4.74 Å². The highest BCUT2D eigenvalue weighted by Crippen LogP contribution is 2.26. The number of carbonyl (C=O) groups excluding carboxylic acids is 2. The smallest absolute Gasteiger partial charge is 0.270 e. The normalized spacial score (nSPS) is 22.1. The number of para-hydroxylation sites is 1. The fraction of sp³-hybridized carbons (Fsp3) is 0.423. The van der Waals surface area contributed by atoms with Crippen LogP contribution in [-0.4, -0.2) is 53.5 Å². The number of amidine groups is 1. The number of nitrogens with zero attached hydrogens (tertiary/aromatic N) is 3. The van der Waals surface area contributed by atoms with Gasteiger partial charge in [-0.05, 0) is 43.4 Å². The summed E-state index contributed by atoms with van der Waals surface area (Å²) in [6.07, 6.45) is 14.7. The number of carbonyl (C=O) groups is 2. The third-order valence-electron chi connectivity index (χ3n) is 6.83. The fourth-order valence-electron chi connectivity index (χ4n) is 4.87. The van der Waals surface area contributed by atoms with E-state index in [9.17, 15) is 9.59 Å². The molecule has 8 heteroatoms. The minimum atomic E-state index is -0.521. The van der Waals surface area contributed by atoms with E-state index in [1.54, 1.807) is 12.1 Å². The van der Waals surface area contributed by atoms with Crippen LogP contribution < -0.4 is 15.5 Å². The van der Waals surface area contributed by atoms with Gasteiger partial charge >= 0.3 is 0 Å². The first-order chi connectivity index (χ1) is 16.6. The standard InChI is InChI=1S/C26H31N5O3/c1-30(20-12-6-3-7-13-20)25(33)21-14-8-9-15-22(21)34-17-19-16-23(32)31-26(27-19)28-24(29-31)18-10-4-2-5-11-18/h2,4,8-10,14-16,20,26-27H,3,5-7,11-13,17H2,1H3,(H,28,29). The molecule has 1 atom stereocenters. The molecule has 2 amide bonds. The molecule has 1 aromatic rings. The predicted octanol–water partition coefficient (Wildman–Crippen LogP) is 3.26. The van der Waals surface area contributed by atoms with Gasteiger partial charge in [-0.15, -0.1) is 0 Å². The zero-order valence-electron chi connectivity index (χ0n) is 19.5. The molecule has 8 nitrogen and oxygen atoms in total. The van der Waals surface area contributed by atoms with Crippen LogP contribution in [-0.2, 0) is 4.79 Å². The van der Waals surface area contributed by atoms with Gasteiger partial charge < -0.3 is 15.0 Å². The average Bonchev–Trinajstić information content (AvgIpc) is 3.33. The van der Waals surface area contributed by atoms with Gasteiger partial charge in [-0.3, -0.25) is 15.0 Å². The van der Waals surface area contributed by atoms with Gasteiger partial charge in [0.2, 0.25) is 6.29 Å². The fourth-order valence-corrected chi connectivity index (χ4v) is 4.87. The second kappa shape index (κ2) is 9.75. The van der Waals surface area contributed by atoms with Crippen LogP contribution in [0.3, 0.4) is 0 Å². The minimum absolute atomic E-state index is 0.0284. The molecule has 0 spiro atoms. The molecular weight excluding hydrogens is 430 g/mol. The Morgan fingerprint density at radius 1 is 1.24 bits per heavy atom. The van der Waals surface area contributed by atoms with E-state index >= 15 is 0 Å². The summed E-state index contributed by atoms with van der Waals surface area (Å²) in [6, 6.07) is 7.58. The SMILES string of the molecule is CN(C(=O)c1ccccc1OCC1=CC(=O)N2NC(C3=CC=CCC3)=NC2N1)C1CCCCC1. The molecule has 0 radical (unpaired) electrons. The molecule has 0 bridgehead atoms. The van der Waals surface area contributed by atoms with Crippen molar-refractivity contribution in [1.29, 1.82) is 0 Å². The van der Waals surface area contributed by atoms with Gasteiger partial charge in [0.15, 0.2) is 0 Å². The van der Waals surface area contributed by atoms with E-state index in [-0.39, 0.29) is 24.5 Å². The molecule has 0 aromatic heterocycles. The number of hydrogen-bond donors (Lipinski definition) is 2. The molecule has 34 heavy (non-hydrogen) atoms. The molecule has 2 aliphatic carbocycles. The molecule has 4 aliphatic rings. The van der Waals surface area contributed by atoms with E-state index in [0.717, 1.165) is 31.3 Å². The van der Waals surface area contributed by atoms with Crippen LogP contribution >= 0.6 is 0 Å². The zero-order chi connectivity index (χ0) is 23.5. The molecule has 2 heterocycles. The quantitative estimate of drug-likeness (QED) is 0.679. The van der Waals surface area contributed by atoms with Gasteiger partial charge in [0.25, 0.3) is 11.8 Å². The number of allylic oxidation sites excluding steroid dienone is 3. The number of aliphatic imine (C=N–C) groups is 1. The number of benzene rings is 1. The Hall–Kier alpha value is -3.55. The third-order valence-corrected chi connectivity index (χ3v) is 6.83. The number of ether oxygens (including phenoxy) is 1. The Morgan fingerprint density at radius 2 is 2.06 bits per heavy atom.